The molecular weight excluding hydrogens is 271 g/mol. The highest BCUT2D eigenvalue weighted by atomic mass is 19.1. The minimum Gasteiger partial charge on any atom is -0.267 e. The van der Waals surface area contributed by atoms with Gasteiger partial charge in [-0.1, -0.05) is 30.3 Å². The van der Waals surface area contributed by atoms with Crippen molar-refractivity contribution < 1.29 is 14.0 Å². The van der Waals surface area contributed by atoms with Gasteiger partial charge in [-0.15, -0.1) is 0 Å². The van der Waals surface area contributed by atoms with Crippen molar-refractivity contribution >= 4 is 23.6 Å². The molecule has 0 radical (unpaired) electrons. The van der Waals surface area contributed by atoms with Gasteiger partial charge in [-0.25, -0.2) is 9.40 Å². The third kappa shape index (κ3) is 2.53. The van der Waals surface area contributed by atoms with E-state index in [1.165, 1.54) is 29.3 Å². The molecule has 2 aromatic carbocycles. The first-order chi connectivity index (χ1) is 10.1. The van der Waals surface area contributed by atoms with Gasteiger partial charge in [0, 0.05) is 0 Å². The summed E-state index contributed by atoms with van der Waals surface area (Å²) in [5, 5.41) is 1.17. The van der Waals surface area contributed by atoms with Crippen LogP contribution >= 0.6 is 0 Å². The van der Waals surface area contributed by atoms with Crippen LogP contribution in [0.5, 0.6) is 0 Å². The maximum absolute atomic E-state index is 13.2. The van der Waals surface area contributed by atoms with E-state index in [-0.39, 0.29) is 5.57 Å². The smallest absolute Gasteiger partial charge is 0.267 e. The summed E-state index contributed by atoms with van der Waals surface area (Å²) in [6, 6.07) is 14.5. The SMILES string of the molecule is O=C1NN(c2ccccc2)C(=O)/C1=C\c1cccc(F)c1. The van der Waals surface area contributed by atoms with E-state index in [4.69, 9.17) is 0 Å². The molecule has 2 amide bonds. The van der Waals surface area contributed by atoms with E-state index in [9.17, 15) is 14.0 Å². The largest absolute Gasteiger partial charge is 0.282 e. The quantitative estimate of drug-likeness (QED) is 0.678. The predicted octanol–water partition coefficient (Wildman–Crippen LogP) is 2.29. The Labute approximate surface area is 120 Å². The zero-order valence-corrected chi connectivity index (χ0v) is 10.9. The number of amides is 2. The molecule has 1 heterocycles. The topological polar surface area (TPSA) is 49.4 Å². The fraction of sp³-hybridized carbons (Fsp3) is 0. The summed E-state index contributed by atoms with van der Waals surface area (Å²) in [6.45, 7) is 0. The molecule has 1 saturated heterocycles. The molecule has 1 fully saturated rings. The van der Waals surface area contributed by atoms with E-state index >= 15 is 0 Å². The lowest BCUT2D eigenvalue weighted by molar-refractivity contribution is -0.117. The average Bonchev–Trinajstić information content (AvgIpc) is 2.76. The molecule has 0 spiro atoms. The van der Waals surface area contributed by atoms with E-state index < -0.39 is 17.6 Å². The van der Waals surface area contributed by atoms with Crippen LogP contribution in [0.25, 0.3) is 6.08 Å². The molecule has 1 aliphatic rings. The average molecular weight is 282 g/mol. The van der Waals surface area contributed by atoms with Crippen LogP contribution in [0.2, 0.25) is 0 Å². The van der Waals surface area contributed by atoms with Gasteiger partial charge in [0.1, 0.15) is 11.4 Å². The Balaban J connectivity index is 1.94. The van der Waals surface area contributed by atoms with Crippen molar-refractivity contribution in [2.75, 3.05) is 5.01 Å². The molecule has 0 atom stereocenters. The Morgan fingerprint density at radius 2 is 1.76 bits per heavy atom. The first-order valence-electron chi connectivity index (χ1n) is 6.33. The Morgan fingerprint density at radius 3 is 2.48 bits per heavy atom. The van der Waals surface area contributed by atoms with E-state index in [2.05, 4.69) is 5.43 Å². The predicted molar refractivity (Wildman–Crippen MR) is 76.4 cm³/mol. The minimum atomic E-state index is -0.506. The second kappa shape index (κ2) is 5.20. The van der Waals surface area contributed by atoms with Crippen LogP contribution < -0.4 is 10.4 Å². The number of hydrogen-bond donors (Lipinski definition) is 1. The molecule has 5 heteroatoms. The van der Waals surface area contributed by atoms with E-state index in [1.807, 2.05) is 6.07 Å². The van der Waals surface area contributed by atoms with Crippen LogP contribution in [-0.4, -0.2) is 11.8 Å². The lowest BCUT2D eigenvalue weighted by Crippen LogP contribution is -2.35. The lowest BCUT2D eigenvalue weighted by Gasteiger charge is -2.13. The van der Waals surface area contributed by atoms with Gasteiger partial charge in [0.05, 0.1) is 5.69 Å². The Bertz CT molecular complexity index is 741. The monoisotopic (exact) mass is 282 g/mol. The second-order valence-corrected chi connectivity index (χ2v) is 4.53. The third-order valence-corrected chi connectivity index (χ3v) is 3.07. The van der Waals surface area contributed by atoms with Crippen LogP contribution in [0.15, 0.2) is 60.2 Å². The molecule has 4 nitrogen and oxygen atoms in total. The number of nitrogens with one attached hydrogen (secondary N) is 1. The molecule has 2 aromatic rings. The number of rotatable bonds is 2. The molecule has 0 saturated carbocycles. The van der Waals surface area contributed by atoms with Crippen molar-refractivity contribution in [3.63, 3.8) is 0 Å². The lowest BCUT2D eigenvalue weighted by atomic mass is 10.1. The van der Waals surface area contributed by atoms with Crippen LogP contribution in [0.3, 0.4) is 0 Å². The van der Waals surface area contributed by atoms with E-state index in [1.54, 1.807) is 30.3 Å². The van der Waals surface area contributed by atoms with Crippen LogP contribution in [0.1, 0.15) is 5.56 Å². The highest BCUT2D eigenvalue weighted by Crippen LogP contribution is 2.21. The fourth-order valence-corrected chi connectivity index (χ4v) is 2.08. The molecule has 0 aliphatic carbocycles. The summed E-state index contributed by atoms with van der Waals surface area (Å²) in [5.74, 6) is -1.39. The van der Waals surface area contributed by atoms with Gasteiger partial charge >= 0.3 is 0 Å². The van der Waals surface area contributed by atoms with Gasteiger partial charge in [0.15, 0.2) is 0 Å². The van der Waals surface area contributed by atoms with Crippen LogP contribution in [0.4, 0.5) is 10.1 Å². The summed E-state index contributed by atoms with van der Waals surface area (Å²) in [5.41, 5.74) is 3.49. The summed E-state index contributed by atoms with van der Waals surface area (Å²) < 4.78 is 13.2. The molecule has 0 unspecified atom stereocenters. The number of carbonyl (C=O) groups is 2. The maximum Gasteiger partial charge on any atom is 0.282 e. The first-order valence-corrected chi connectivity index (χ1v) is 6.33. The number of halogens is 1. The number of para-hydroxylation sites is 1. The molecular formula is C16H11FN2O2. The molecule has 0 aromatic heterocycles. The summed E-state index contributed by atoms with van der Waals surface area (Å²) in [7, 11) is 0. The number of carbonyl (C=O) groups excluding carboxylic acids is 2. The Morgan fingerprint density at radius 1 is 1.00 bits per heavy atom. The molecule has 1 N–H and O–H groups in total. The molecule has 21 heavy (non-hydrogen) atoms. The van der Waals surface area contributed by atoms with Crippen molar-refractivity contribution in [3.8, 4) is 0 Å². The van der Waals surface area contributed by atoms with Crippen molar-refractivity contribution in [2.45, 2.75) is 0 Å². The maximum atomic E-state index is 13.2. The number of hydrazine groups is 1. The Kier molecular flexibility index (Phi) is 3.23. The van der Waals surface area contributed by atoms with Gasteiger partial charge < -0.3 is 0 Å². The summed E-state index contributed by atoms with van der Waals surface area (Å²) in [6.07, 6.45) is 1.38. The van der Waals surface area contributed by atoms with Gasteiger partial charge in [0.2, 0.25) is 0 Å². The van der Waals surface area contributed by atoms with E-state index in [0.717, 1.165) is 0 Å². The number of benzene rings is 2. The number of hydrogen-bond acceptors (Lipinski definition) is 2. The fourth-order valence-electron chi connectivity index (χ4n) is 2.08. The minimum absolute atomic E-state index is 0.0237. The third-order valence-electron chi connectivity index (χ3n) is 3.07. The molecule has 0 bridgehead atoms. The molecule has 3 rings (SSSR count). The van der Waals surface area contributed by atoms with Crippen LogP contribution in [-0.2, 0) is 9.59 Å². The normalized spacial score (nSPS) is 16.4. The van der Waals surface area contributed by atoms with Crippen molar-refractivity contribution in [1.82, 2.24) is 5.43 Å². The highest BCUT2D eigenvalue weighted by molar-refractivity contribution is 6.31. The summed E-state index contributed by atoms with van der Waals surface area (Å²) >= 11 is 0. The van der Waals surface area contributed by atoms with Crippen LogP contribution in [0, 0.1) is 5.82 Å². The van der Waals surface area contributed by atoms with Crippen molar-refractivity contribution in [3.05, 3.63) is 71.6 Å². The van der Waals surface area contributed by atoms with E-state index in [0.29, 0.717) is 11.3 Å². The van der Waals surface area contributed by atoms with Gasteiger partial charge in [0.25, 0.3) is 11.8 Å². The summed E-state index contributed by atoms with van der Waals surface area (Å²) in [4.78, 5) is 24.2. The first kappa shape index (κ1) is 13.1. The van der Waals surface area contributed by atoms with Gasteiger partial charge in [-0.05, 0) is 35.9 Å². The Hall–Kier alpha value is -2.95. The second-order valence-electron chi connectivity index (χ2n) is 4.53. The molecule has 1 aliphatic heterocycles. The van der Waals surface area contributed by atoms with Gasteiger partial charge in [-0.3, -0.25) is 15.0 Å². The molecule has 104 valence electrons. The van der Waals surface area contributed by atoms with Crippen molar-refractivity contribution in [2.24, 2.45) is 0 Å². The van der Waals surface area contributed by atoms with Crippen molar-refractivity contribution in [1.29, 1.82) is 0 Å². The number of anilines is 1. The highest BCUT2D eigenvalue weighted by Gasteiger charge is 2.34. The van der Waals surface area contributed by atoms with Gasteiger partial charge in [-0.2, -0.15) is 0 Å². The zero-order valence-electron chi connectivity index (χ0n) is 10.9. The number of nitrogens with zero attached hydrogens (tertiary/aromatic N) is 1. The standard InChI is InChI=1S/C16H11FN2O2/c17-12-6-4-5-11(9-12)10-14-15(20)18-19(16(14)21)13-7-2-1-3-8-13/h1-10H,(H,18,20)/b14-10-. The zero-order chi connectivity index (χ0) is 14.8.